The standard InChI is InChI=1S/C25H32N4O3S/c1-2-12-29-24(18-7-4-3-5-8-18)26-27-25(29)33-17-23(30)28-13-6-9-20(28)19-10-11-21-22(16-19)32-15-14-31-21/h2,10-11,16,18,20H,1,3-9,12-15,17H2/t20-/m0/s1. The molecule has 2 fully saturated rings. The highest BCUT2D eigenvalue weighted by Crippen LogP contribution is 2.39. The second-order valence-electron chi connectivity index (χ2n) is 9.01. The number of carbonyl (C=O) groups is 1. The third kappa shape index (κ3) is 4.76. The van der Waals surface area contributed by atoms with Gasteiger partial charge in [0.05, 0.1) is 11.8 Å². The maximum atomic E-state index is 13.2. The van der Waals surface area contributed by atoms with Gasteiger partial charge in [0.1, 0.15) is 19.0 Å². The van der Waals surface area contributed by atoms with Crippen LogP contribution < -0.4 is 9.47 Å². The van der Waals surface area contributed by atoms with Gasteiger partial charge in [-0.25, -0.2) is 0 Å². The maximum Gasteiger partial charge on any atom is 0.233 e. The molecule has 1 aromatic carbocycles. The van der Waals surface area contributed by atoms with Crippen LogP contribution in [0, 0.1) is 0 Å². The number of likely N-dealkylation sites (tertiary alicyclic amines) is 1. The van der Waals surface area contributed by atoms with E-state index >= 15 is 0 Å². The Balaban J connectivity index is 1.27. The van der Waals surface area contributed by atoms with Crippen LogP contribution in [0.15, 0.2) is 36.0 Å². The molecular weight excluding hydrogens is 436 g/mol. The number of fused-ring (bicyclic) bond motifs is 1. The molecule has 1 saturated carbocycles. The van der Waals surface area contributed by atoms with E-state index in [1.807, 2.05) is 23.1 Å². The molecule has 7 nitrogen and oxygen atoms in total. The van der Waals surface area contributed by atoms with Gasteiger partial charge in [-0.2, -0.15) is 0 Å². The van der Waals surface area contributed by atoms with Crippen LogP contribution in [0.5, 0.6) is 11.5 Å². The van der Waals surface area contributed by atoms with Crippen LogP contribution in [0.2, 0.25) is 0 Å². The van der Waals surface area contributed by atoms with Gasteiger partial charge in [-0.05, 0) is 43.4 Å². The highest BCUT2D eigenvalue weighted by molar-refractivity contribution is 7.99. The number of benzene rings is 1. The van der Waals surface area contributed by atoms with Crippen molar-refractivity contribution < 1.29 is 14.3 Å². The predicted octanol–water partition coefficient (Wildman–Crippen LogP) is 4.74. The predicted molar refractivity (Wildman–Crippen MR) is 128 cm³/mol. The molecule has 0 unspecified atom stereocenters. The molecule has 0 radical (unpaired) electrons. The molecule has 176 valence electrons. The average molecular weight is 469 g/mol. The zero-order valence-electron chi connectivity index (χ0n) is 19.1. The lowest BCUT2D eigenvalue weighted by molar-refractivity contribution is -0.129. The molecule has 1 saturated heterocycles. The molecular formula is C25H32N4O3S. The monoisotopic (exact) mass is 468 g/mol. The SMILES string of the molecule is C=CCn1c(SCC(=O)N2CCC[C@H]2c2ccc3c(c2)OCCO3)nnc1C1CCCCC1. The number of nitrogens with zero attached hydrogens (tertiary/aromatic N) is 4. The van der Waals surface area contributed by atoms with Gasteiger partial charge in [-0.3, -0.25) is 4.79 Å². The van der Waals surface area contributed by atoms with E-state index in [1.165, 1.54) is 43.9 Å². The van der Waals surface area contributed by atoms with Crippen molar-refractivity contribution in [2.45, 2.75) is 68.6 Å². The van der Waals surface area contributed by atoms with Gasteiger partial charge in [0.25, 0.3) is 0 Å². The topological polar surface area (TPSA) is 69.5 Å². The number of rotatable bonds is 7. The molecule has 8 heteroatoms. The molecule has 0 bridgehead atoms. The van der Waals surface area contributed by atoms with E-state index in [1.54, 1.807) is 0 Å². The molecule has 1 aliphatic carbocycles. The van der Waals surface area contributed by atoms with Crippen molar-refractivity contribution in [1.82, 2.24) is 19.7 Å². The smallest absolute Gasteiger partial charge is 0.233 e. The van der Waals surface area contributed by atoms with E-state index in [9.17, 15) is 4.79 Å². The van der Waals surface area contributed by atoms with E-state index in [-0.39, 0.29) is 11.9 Å². The van der Waals surface area contributed by atoms with Gasteiger partial charge < -0.3 is 18.9 Å². The van der Waals surface area contributed by atoms with Crippen molar-refractivity contribution >= 4 is 17.7 Å². The molecule has 1 aromatic heterocycles. The first-order valence-corrected chi connectivity index (χ1v) is 13.1. The molecule has 2 aromatic rings. The van der Waals surface area contributed by atoms with E-state index < -0.39 is 0 Å². The zero-order valence-corrected chi connectivity index (χ0v) is 19.9. The maximum absolute atomic E-state index is 13.2. The van der Waals surface area contributed by atoms with Crippen LogP contribution in [0.25, 0.3) is 0 Å². The molecule has 0 N–H and O–H groups in total. The Hall–Kier alpha value is -2.48. The summed E-state index contributed by atoms with van der Waals surface area (Å²) in [6, 6.07) is 6.14. The lowest BCUT2D eigenvalue weighted by Crippen LogP contribution is -2.32. The van der Waals surface area contributed by atoms with Crippen LogP contribution in [0.3, 0.4) is 0 Å². The molecule has 1 amide bonds. The minimum Gasteiger partial charge on any atom is -0.486 e. The largest absolute Gasteiger partial charge is 0.486 e. The van der Waals surface area contributed by atoms with E-state index in [4.69, 9.17) is 9.47 Å². The molecule has 33 heavy (non-hydrogen) atoms. The number of aromatic nitrogens is 3. The summed E-state index contributed by atoms with van der Waals surface area (Å²) in [7, 11) is 0. The van der Waals surface area contributed by atoms with Crippen LogP contribution >= 0.6 is 11.8 Å². The van der Waals surface area contributed by atoms with Gasteiger partial charge in [-0.1, -0.05) is 43.2 Å². The van der Waals surface area contributed by atoms with Gasteiger partial charge in [0, 0.05) is 19.0 Å². The molecule has 3 aliphatic rings. The van der Waals surface area contributed by atoms with Crippen molar-refractivity contribution in [3.05, 3.63) is 42.2 Å². The normalized spacial score (nSPS) is 20.7. The quantitative estimate of drug-likeness (QED) is 0.432. The van der Waals surface area contributed by atoms with Crippen molar-refractivity contribution in [3.63, 3.8) is 0 Å². The van der Waals surface area contributed by atoms with Gasteiger partial charge in [0.2, 0.25) is 5.91 Å². The summed E-state index contributed by atoms with van der Waals surface area (Å²) >= 11 is 1.49. The lowest BCUT2D eigenvalue weighted by Gasteiger charge is -2.26. The van der Waals surface area contributed by atoms with Crippen LogP contribution in [-0.4, -0.2) is 51.1 Å². The van der Waals surface area contributed by atoms with Crippen LogP contribution in [0.4, 0.5) is 0 Å². The summed E-state index contributed by atoms with van der Waals surface area (Å²) in [6.07, 6.45) is 10.0. The van der Waals surface area contributed by atoms with E-state index in [0.717, 1.165) is 47.4 Å². The fourth-order valence-electron chi connectivity index (χ4n) is 5.26. The van der Waals surface area contributed by atoms with Crippen LogP contribution in [0.1, 0.15) is 68.3 Å². The zero-order chi connectivity index (χ0) is 22.6. The Morgan fingerprint density at radius 1 is 1.09 bits per heavy atom. The Kier molecular flexibility index (Phi) is 6.90. The summed E-state index contributed by atoms with van der Waals surface area (Å²) in [4.78, 5) is 15.2. The summed E-state index contributed by atoms with van der Waals surface area (Å²) in [5.74, 6) is 3.59. The third-order valence-corrected chi connectivity index (χ3v) is 7.83. The van der Waals surface area contributed by atoms with E-state index in [0.29, 0.717) is 31.4 Å². The highest BCUT2D eigenvalue weighted by Gasteiger charge is 2.31. The highest BCUT2D eigenvalue weighted by atomic mass is 32.2. The van der Waals surface area contributed by atoms with Crippen molar-refractivity contribution in [3.8, 4) is 11.5 Å². The number of hydrogen-bond acceptors (Lipinski definition) is 6. The summed E-state index contributed by atoms with van der Waals surface area (Å²) in [5.41, 5.74) is 1.12. The van der Waals surface area contributed by atoms with Crippen molar-refractivity contribution in [1.29, 1.82) is 0 Å². The number of hydrogen-bond donors (Lipinski definition) is 0. The first kappa shape index (κ1) is 22.3. The Labute approximate surface area is 199 Å². The lowest BCUT2D eigenvalue weighted by atomic mass is 9.89. The Morgan fingerprint density at radius 2 is 1.91 bits per heavy atom. The summed E-state index contributed by atoms with van der Waals surface area (Å²) in [5, 5.41) is 9.81. The average Bonchev–Trinajstić information content (AvgIpc) is 3.51. The third-order valence-electron chi connectivity index (χ3n) is 6.88. The first-order chi connectivity index (χ1) is 16.2. The first-order valence-electron chi connectivity index (χ1n) is 12.1. The van der Waals surface area contributed by atoms with Gasteiger partial charge in [-0.15, -0.1) is 16.8 Å². The Bertz CT molecular complexity index is 1000. The number of carbonyl (C=O) groups excluding carboxylic acids is 1. The molecule has 0 spiro atoms. The second kappa shape index (κ2) is 10.2. The van der Waals surface area contributed by atoms with E-state index in [2.05, 4.69) is 27.4 Å². The fraction of sp³-hybridized carbons (Fsp3) is 0.560. The summed E-state index contributed by atoms with van der Waals surface area (Å²) in [6.45, 7) is 6.52. The van der Waals surface area contributed by atoms with Gasteiger partial charge in [0.15, 0.2) is 16.7 Å². The molecule has 3 heterocycles. The van der Waals surface area contributed by atoms with Crippen molar-refractivity contribution in [2.24, 2.45) is 0 Å². The Morgan fingerprint density at radius 3 is 2.73 bits per heavy atom. The minimum absolute atomic E-state index is 0.0813. The van der Waals surface area contributed by atoms with Gasteiger partial charge >= 0.3 is 0 Å². The minimum atomic E-state index is 0.0813. The number of thioether (sulfide) groups is 1. The molecule has 5 rings (SSSR count). The van der Waals surface area contributed by atoms with Crippen molar-refractivity contribution in [2.75, 3.05) is 25.5 Å². The number of ether oxygens (including phenoxy) is 2. The number of allylic oxidation sites excluding steroid dienone is 1. The molecule has 2 aliphatic heterocycles. The molecule has 1 atom stereocenters. The fourth-order valence-corrected chi connectivity index (χ4v) is 6.10. The second-order valence-corrected chi connectivity index (χ2v) is 9.95. The number of amides is 1. The van der Waals surface area contributed by atoms with Crippen LogP contribution in [-0.2, 0) is 11.3 Å². The summed E-state index contributed by atoms with van der Waals surface area (Å²) < 4.78 is 13.6.